The van der Waals surface area contributed by atoms with Crippen molar-refractivity contribution in [2.24, 2.45) is 5.92 Å². The summed E-state index contributed by atoms with van der Waals surface area (Å²) in [6.07, 6.45) is 21.2. The van der Waals surface area contributed by atoms with Crippen molar-refractivity contribution in [2.45, 2.75) is 49.5 Å². The van der Waals surface area contributed by atoms with Gasteiger partial charge in [-0.2, -0.15) is 0 Å². The third kappa shape index (κ3) is 5.26. The molecule has 61 heavy (non-hydrogen) atoms. The number of hydrogen-bond donors (Lipinski definition) is 0. The van der Waals surface area contributed by atoms with Gasteiger partial charge in [-0.05, 0) is 113 Å². The van der Waals surface area contributed by atoms with Crippen LogP contribution < -0.4 is 0 Å². The van der Waals surface area contributed by atoms with E-state index in [1.54, 1.807) is 0 Å². The van der Waals surface area contributed by atoms with E-state index in [0.717, 1.165) is 12.8 Å². The van der Waals surface area contributed by atoms with E-state index in [4.69, 9.17) is 0 Å². The third-order valence-electron chi connectivity index (χ3n) is 14.9. The normalized spacial score (nSPS) is 21.6. The summed E-state index contributed by atoms with van der Waals surface area (Å²) in [6, 6.07) is 57.7. The lowest BCUT2D eigenvalue weighted by molar-refractivity contribution is 0.324. The lowest BCUT2D eigenvalue weighted by Crippen LogP contribution is -2.41. The van der Waals surface area contributed by atoms with Crippen LogP contribution in [-0.4, -0.2) is 11.9 Å². The molecule has 0 N–H and O–H groups in total. The minimum Gasteiger partial charge on any atom is -0.367 e. The zero-order valence-corrected chi connectivity index (χ0v) is 35.1. The molecule has 1 aliphatic heterocycles. The molecule has 1 spiro atoms. The molecule has 1 nitrogen and oxygen atoms in total. The topological polar surface area (TPSA) is 3.24 Å². The molecule has 3 atom stereocenters. The first-order valence-corrected chi connectivity index (χ1v) is 22.1. The molecule has 294 valence electrons. The first kappa shape index (κ1) is 36.2. The number of likely N-dealkylation sites (N-methyl/N-ethyl adjacent to an activating group) is 1. The van der Waals surface area contributed by atoms with Crippen molar-refractivity contribution in [3.8, 4) is 0 Å². The summed E-state index contributed by atoms with van der Waals surface area (Å²) in [5.41, 5.74) is 17.5. The summed E-state index contributed by atoms with van der Waals surface area (Å²) in [5, 5.41) is 5.23. The van der Waals surface area contributed by atoms with Gasteiger partial charge in [-0.3, -0.25) is 0 Å². The number of fused-ring (bicyclic) bond motifs is 11. The average Bonchev–Trinajstić information content (AvgIpc) is 3.62. The highest BCUT2D eigenvalue weighted by molar-refractivity contribution is 6.07. The molecule has 1 heterocycles. The van der Waals surface area contributed by atoms with Gasteiger partial charge in [-0.25, -0.2) is 0 Å². The molecule has 7 aromatic carbocycles. The van der Waals surface area contributed by atoms with E-state index in [-0.39, 0.29) is 17.4 Å². The third-order valence-corrected chi connectivity index (χ3v) is 14.9. The van der Waals surface area contributed by atoms with Crippen molar-refractivity contribution in [1.82, 2.24) is 4.90 Å². The van der Waals surface area contributed by atoms with E-state index in [2.05, 4.69) is 226 Å². The quantitative estimate of drug-likeness (QED) is 0.161. The van der Waals surface area contributed by atoms with Crippen molar-refractivity contribution in [3.63, 3.8) is 0 Å². The summed E-state index contributed by atoms with van der Waals surface area (Å²) < 4.78 is 0. The zero-order valence-electron chi connectivity index (χ0n) is 35.1. The first-order chi connectivity index (χ1) is 29.9. The van der Waals surface area contributed by atoms with E-state index in [9.17, 15) is 0 Å². The number of nitrogens with zero attached hydrogens (tertiary/aromatic N) is 1. The second-order valence-electron chi connectivity index (χ2n) is 18.3. The molecule has 12 rings (SSSR count). The Morgan fingerprint density at radius 3 is 2.03 bits per heavy atom. The minimum atomic E-state index is -0.443. The van der Waals surface area contributed by atoms with Crippen molar-refractivity contribution < 1.29 is 0 Å². The first-order valence-electron chi connectivity index (χ1n) is 22.1. The Bertz CT molecular complexity index is 3090. The molecule has 0 saturated heterocycles. The van der Waals surface area contributed by atoms with Gasteiger partial charge in [0.1, 0.15) is 0 Å². The maximum Gasteiger partial charge on any atom is 0.0729 e. The summed E-state index contributed by atoms with van der Waals surface area (Å²) >= 11 is 0. The lowest BCUT2D eigenvalue weighted by Gasteiger charge is -2.47. The Morgan fingerprint density at radius 2 is 1.26 bits per heavy atom. The maximum absolute atomic E-state index is 2.54. The molecule has 0 saturated carbocycles. The number of hydrogen-bond acceptors (Lipinski definition) is 1. The van der Waals surface area contributed by atoms with Gasteiger partial charge in [-0.15, -0.1) is 0 Å². The molecule has 0 aromatic heterocycles. The monoisotopic (exact) mass is 783 g/mol. The smallest absolute Gasteiger partial charge is 0.0729 e. The number of benzene rings is 7. The molecule has 3 unspecified atom stereocenters. The lowest BCUT2D eigenvalue weighted by atomic mass is 9.55. The van der Waals surface area contributed by atoms with Crippen molar-refractivity contribution in [1.29, 1.82) is 0 Å². The van der Waals surface area contributed by atoms with Gasteiger partial charge in [0.2, 0.25) is 0 Å². The van der Waals surface area contributed by atoms with Crippen LogP contribution in [0.3, 0.4) is 0 Å². The van der Waals surface area contributed by atoms with Crippen LogP contribution in [0.2, 0.25) is 0 Å². The van der Waals surface area contributed by atoms with Gasteiger partial charge in [0.25, 0.3) is 0 Å². The molecule has 1 heteroatoms. The Labute approximate surface area is 360 Å². The molecule has 0 bridgehead atoms. The van der Waals surface area contributed by atoms with E-state index in [0.29, 0.717) is 5.92 Å². The van der Waals surface area contributed by atoms with Crippen molar-refractivity contribution >= 4 is 32.7 Å². The van der Waals surface area contributed by atoms with Gasteiger partial charge in [-0.1, -0.05) is 202 Å². The highest BCUT2D eigenvalue weighted by atomic mass is 15.1. The van der Waals surface area contributed by atoms with Gasteiger partial charge in [0.05, 0.1) is 11.5 Å². The standard InChI is InChI=1S/C60H49N/c1-59(2)51-24-12-14-26-53(51)60(54-27-15-13-25-52(54)59)50-34-32-43(42-31-33-47-44(35-42)30-29-39-17-10-11-22-46(39)47)36-49(50)58-48(23-16-28-55(58)60)45-37-56(40-18-6-4-7-19-40)61(3)57(38-45)41-20-8-5-9-21-41/h4-20,22-35,37-38,41,43,56H,21,36H2,1-3H3. The fourth-order valence-corrected chi connectivity index (χ4v) is 12.0. The molecule has 5 aliphatic rings. The van der Waals surface area contributed by atoms with Crippen LogP contribution in [0.15, 0.2) is 212 Å². The van der Waals surface area contributed by atoms with Gasteiger partial charge in [0, 0.05) is 30.0 Å². The summed E-state index contributed by atoms with van der Waals surface area (Å²) in [5.74, 6) is 0.555. The number of rotatable bonds is 4. The largest absolute Gasteiger partial charge is 0.367 e. The predicted octanol–water partition coefficient (Wildman–Crippen LogP) is 14.6. The highest BCUT2D eigenvalue weighted by Crippen LogP contribution is 2.64. The minimum absolute atomic E-state index is 0.111. The van der Waals surface area contributed by atoms with Gasteiger partial charge >= 0.3 is 0 Å². The fraction of sp³-hybridized carbons (Fsp3) is 0.167. The second-order valence-corrected chi connectivity index (χ2v) is 18.3. The van der Waals surface area contributed by atoms with Gasteiger partial charge in [0.15, 0.2) is 0 Å². The SMILES string of the molecule is CN1C(C2C=CC=CC2)=CC(c2cccc3c2C2=C(C=CC(c4ccc5c(ccc6ccccc65)c4)C2)C32c3ccccc3C(C)(C)c3ccccc32)=CC1c1ccccc1. The Balaban J connectivity index is 1.10. The van der Waals surface area contributed by atoms with Crippen molar-refractivity contribution in [2.75, 3.05) is 7.05 Å². The van der Waals surface area contributed by atoms with E-state index in [1.807, 2.05) is 0 Å². The van der Waals surface area contributed by atoms with Gasteiger partial charge < -0.3 is 4.90 Å². The van der Waals surface area contributed by atoms with E-state index < -0.39 is 5.41 Å². The van der Waals surface area contributed by atoms with Crippen LogP contribution in [0.1, 0.15) is 88.7 Å². The highest BCUT2D eigenvalue weighted by Gasteiger charge is 2.55. The summed E-state index contributed by atoms with van der Waals surface area (Å²) in [4.78, 5) is 2.51. The number of allylic oxidation sites excluding steroid dienone is 10. The van der Waals surface area contributed by atoms with E-state index in [1.165, 1.54) is 94.0 Å². The maximum atomic E-state index is 2.54. The van der Waals surface area contributed by atoms with E-state index >= 15 is 0 Å². The zero-order chi connectivity index (χ0) is 40.9. The molecular formula is C60H49N. The molecule has 0 fully saturated rings. The Morgan fingerprint density at radius 1 is 0.574 bits per heavy atom. The fourth-order valence-electron chi connectivity index (χ4n) is 12.0. The van der Waals surface area contributed by atoms with Crippen LogP contribution in [0.4, 0.5) is 0 Å². The summed E-state index contributed by atoms with van der Waals surface area (Å²) in [7, 11) is 2.29. The Hall–Kier alpha value is -6.70. The second kappa shape index (κ2) is 13.7. The molecule has 0 radical (unpaired) electrons. The van der Waals surface area contributed by atoms with Crippen LogP contribution in [0.25, 0.3) is 32.7 Å². The van der Waals surface area contributed by atoms with Crippen LogP contribution in [0, 0.1) is 5.92 Å². The van der Waals surface area contributed by atoms with Crippen LogP contribution >= 0.6 is 0 Å². The predicted molar refractivity (Wildman–Crippen MR) is 256 cm³/mol. The Kier molecular flexibility index (Phi) is 8.10. The average molecular weight is 784 g/mol. The molecular weight excluding hydrogens is 735 g/mol. The molecule has 7 aromatic rings. The summed E-state index contributed by atoms with van der Waals surface area (Å²) in [6.45, 7) is 4.84. The van der Waals surface area contributed by atoms with Crippen molar-refractivity contribution in [3.05, 3.63) is 262 Å². The van der Waals surface area contributed by atoms with Crippen LogP contribution in [-0.2, 0) is 10.8 Å². The molecule has 0 amide bonds. The molecule has 4 aliphatic carbocycles. The van der Waals surface area contributed by atoms with Crippen LogP contribution in [0.5, 0.6) is 0 Å².